The van der Waals surface area contributed by atoms with E-state index in [1.54, 1.807) is 0 Å². The van der Waals surface area contributed by atoms with Crippen molar-refractivity contribution in [2.45, 2.75) is 276 Å². The van der Waals surface area contributed by atoms with Crippen molar-refractivity contribution >= 4 is 5.91 Å². The Morgan fingerprint density at radius 1 is 0.431 bits per heavy atom. The Kier molecular flexibility index (Phi) is 46.6. The van der Waals surface area contributed by atoms with Crippen LogP contribution in [0.4, 0.5) is 0 Å². The van der Waals surface area contributed by atoms with Crippen LogP contribution in [0.15, 0.2) is 48.6 Å². The van der Waals surface area contributed by atoms with Crippen LogP contribution in [0.1, 0.15) is 258 Å². The number of nitrogens with one attached hydrogen (secondary N) is 1. The number of unbranched alkanes of at least 4 members (excludes halogenated alkanes) is 30. The molecular formula is C53H99NO4. The highest BCUT2D eigenvalue weighted by atomic mass is 16.3. The summed E-state index contributed by atoms with van der Waals surface area (Å²) in [6.07, 6.45) is 62.4. The predicted octanol–water partition coefficient (Wildman–Crippen LogP) is 15.3. The predicted molar refractivity (Wildman–Crippen MR) is 254 cm³/mol. The van der Waals surface area contributed by atoms with Gasteiger partial charge in [0.15, 0.2) is 0 Å². The summed E-state index contributed by atoms with van der Waals surface area (Å²) in [6, 6.07) is -0.835. The fourth-order valence-corrected chi connectivity index (χ4v) is 7.68. The number of aliphatic hydroxyl groups is 3. The lowest BCUT2D eigenvalue weighted by atomic mass is 10.0. The van der Waals surface area contributed by atoms with E-state index in [4.69, 9.17) is 0 Å². The molecule has 1 amide bonds. The van der Waals surface area contributed by atoms with Crippen molar-refractivity contribution in [3.63, 3.8) is 0 Å². The summed E-state index contributed by atoms with van der Waals surface area (Å²) in [4.78, 5) is 12.5. The average molecular weight is 814 g/mol. The Balaban J connectivity index is 3.63. The highest BCUT2D eigenvalue weighted by Gasteiger charge is 2.26. The van der Waals surface area contributed by atoms with Gasteiger partial charge in [-0.1, -0.05) is 217 Å². The van der Waals surface area contributed by atoms with Crippen LogP contribution < -0.4 is 5.32 Å². The van der Waals surface area contributed by atoms with E-state index in [-0.39, 0.29) is 12.5 Å². The maximum Gasteiger partial charge on any atom is 0.220 e. The van der Waals surface area contributed by atoms with Crippen molar-refractivity contribution in [1.29, 1.82) is 0 Å². The molecule has 0 spiro atoms. The molecule has 0 rings (SSSR count). The molecule has 3 unspecified atom stereocenters. The van der Waals surface area contributed by atoms with Gasteiger partial charge in [0.05, 0.1) is 18.8 Å². The molecule has 58 heavy (non-hydrogen) atoms. The summed E-state index contributed by atoms with van der Waals surface area (Å²) >= 11 is 0. The molecular weight excluding hydrogens is 715 g/mol. The number of amides is 1. The quantitative estimate of drug-likeness (QED) is 0.0364. The molecule has 0 aromatic carbocycles. The lowest BCUT2D eigenvalue weighted by Crippen LogP contribution is -2.50. The van der Waals surface area contributed by atoms with E-state index in [1.807, 2.05) is 0 Å². The summed E-state index contributed by atoms with van der Waals surface area (Å²) in [7, 11) is 0. The first-order valence-corrected chi connectivity index (χ1v) is 25.4. The van der Waals surface area contributed by atoms with Gasteiger partial charge < -0.3 is 20.6 Å². The number of carbonyl (C=O) groups excluding carboxylic acids is 1. The molecule has 5 nitrogen and oxygen atoms in total. The normalized spacial score (nSPS) is 13.8. The SMILES string of the molecule is CCCCCCCCCC/C=C/CC/C=C/CCCC(O)C(O)C(CO)NC(=O)CCCCCCCCCCCCC/C=C\C/C=C\CCCCCCCCCCC. The van der Waals surface area contributed by atoms with E-state index in [1.165, 1.54) is 180 Å². The summed E-state index contributed by atoms with van der Waals surface area (Å²) in [5, 5.41) is 33.6. The average Bonchev–Trinajstić information content (AvgIpc) is 3.23. The Hall–Kier alpha value is -1.69. The van der Waals surface area contributed by atoms with Gasteiger partial charge in [-0.25, -0.2) is 0 Å². The minimum atomic E-state index is -1.17. The first kappa shape index (κ1) is 56.3. The topological polar surface area (TPSA) is 89.8 Å². The van der Waals surface area contributed by atoms with E-state index in [0.29, 0.717) is 12.8 Å². The number of hydrogen-bond acceptors (Lipinski definition) is 4. The minimum Gasteiger partial charge on any atom is -0.394 e. The van der Waals surface area contributed by atoms with Crippen molar-refractivity contribution < 1.29 is 20.1 Å². The Labute approximate surface area is 361 Å². The molecule has 0 heterocycles. The van der Waals surface area contributed by atoms with E-state index in [9.17, 15) is 20.1 Å². The largest absolute Gasteiger partial charge is 0.394 e. The number of aliphatic hydroxyl groups excluding tert-OH is 3. The smallest absolute Gasteiger partial charge is 0.220 e. The van der Waals surface area contributed by atoms with E-state index >= 15 is 0 Å². The third-order valence-electron chi connectivity index (χ3n) is 11.6. The molecule has 4 N–H and O–H groups in total. The molecule has 340 valence electrons. The third kappa shape index (κ3) is 42.4. The van der Waals surface area contributed by atoms with Gasteiger partial charge in [-0.3, -0.25) is 4.79 Å². The van der Waals surface area contributed by atoms with E-state index in [2.05, 4.69) is 67.8 Å². The third-order valence-corrected chi connectivity index (χ3v) is 11.6. The summed E-state index contributed by atoms with van der Waals surface area (Å²) < 4.78 is 0. The number of rotatable bonds is 46. The van der Waals surface area contributed by atoms with Crippen LogP contribution in [0.3, 0.4) is 0 Å². The van der Waals surface area contributed by atoms with Crippen LogP contribution >= 0.6 is 0 Å². The molecule has 0 fully saturated rings. The van der Waals surface area contributed by atoms with E-state index < -0.39 is 18.2 Å². The second-order valence-electron chi connectivity index (χ2n) is 17.4. The number of allylic oxidation sites excluding steroid dienone is 8. The van der Waals surface area contributed by atoms with Crippen LogP contribution in [-0.4, -0.2) is 46.1 Å². The zero-order valence-electron chi connectivity index (χ0n) is 38.7. The fourth-order valence-electron chi connectivity index (χ4n) is 7.68. The van der Waals surface area contributed by atoms with Gasteiger partial charge in [0.25, 0.3) is 0 Å². The first-order valence-electron chi connectivity index (χ1n) is 25.4. The zero-order valence-corrected chi connectivity index (χ0v) is 38.7. The second-order valence-corrected chi connectivity index (χ2v) is 17.4. The van der Waals surface area contributed by atoms with Gasteiger partial charge in [-0.2, -0.15) is 0 Å². The molecule has 0 saturated heterocycles. The summed E-state index contributed by atoms with van der Waals surface area (Å²) in [5.41, 5.74) is 0. The van der Waals surface area contributed by atoms with Crippen molar-refractivity contribution in [2.24, 2.45) is 0 Å². The van der Waals surface area contributed by atoms with Gasteiger partial charge in [0, 0.05) is 6.42 Å². The molecule has 0 aromatic heterocycles. The highest BCUT2D eigenvalue weighted by Crippen LogP contribution is 2.15. The van der Waals surface area contributed by atoms with Gasteiger partial charge in [0.1, 0.15) is 6.10 Å². The van der Waals surface area contributed by atoms with E-state index in [0.717, 1.165) is 51.4 Å². The van der Waals surface area contributed by atoms with Crippen LogP contribution in [0.2, 0.25) is 0 Å². The minimum absolute atomic E-state index is 0.160. The first-order chi connectivity index (χ1) is 28.6. The standard InChI is InChI=1S/C53H99NO4/c1-3-5-7-9-11-13-15-17-19-21-22-23-24-25-26-27-28-29-30-32-34-36-38-40-42-44-46-48-52(57)54-50(49-55)53(58)51(56)47-45-43-41-39-37-35-33-31-20-18-16-14-12-10-8-6-4-2/h22-23,25-26,31,33,39,41,50-51,53,55-56,58H,3-21,24,27-30,32,34-38,40,42-49H2,1-2H3,(H,54,57)/b23-22-,26-25-,33-31+,41-39+. The Morgan fingerprint density at radius 2 is 0.759 bits per heavy atom. The summed E-state index contributed by atoms with van der Waals surface area (Å²) in [5.74, 6) is -0.160. The Morgan fingerprint density at radius 3 is 1.16 bits per heavy atom. The van der Waals surface area contributed by atoms with Gasteiger partial charge >= 0.3 is 0 Å². The van der Waals surface area contributed by atoms with Crippen molar-refractivity contribution in [3.8, 4) is 0 Å². The van der Waals surface area contributed by atoms with Gasteiger partial charge in [-0.15, -0.1) is 0 Å². The van der Waals surface area contributed by atoms with Crippen molar-refractivity contribution in [1.82, 2.24) is 5.32 Å². The molecule has 0 aliphatic carbocycles. The molecule has 0 aliphatic heterocycles. The van der Waals surface area contributed by atoms with Crippen molar-refractivity contribution in [3.05, 3.63) is 48.6 Å². The molecule has 0 radical (unpaired) electrons. The fraction of sp³-hybridized carbons (Fsp3) is 0.830. The lowest BCUT2D eigenvalue weighted by molar-refractivity contribution is -0.124. The Bertz CT molecular complexity index is 943. The van der Waals surface area contributed by atoms with Crippen LogP contribution in [0, 0.1) is 0 Å². The summed E-state index contributed by atoms with van der Waals surface area (Å²) in [6.45, 7) is 4.17. The zero-order chi connectivity index (χ0) is 42.3. The monoisotopic (exact) mass is 814 g/mol. The van der Waals surface area contributed by atoms with Gasteiger partial charge in [0.2, 0.25) is 5.91 Å². The molecule has 0 bridgehead atoms. The van der Waals surface area contributed by atoms with Crippen LogP contribution in [0.25, 0.3) is 0 Å². The number of hydrogen-bond donors (Lipinski definition) is 4. The lowest BCUT2D eigenvalue weighted by Gasteiger charge is -2.26. The van der Waals surface area contributed by atoms with Gasteiger partial charge in [-0.05, 0) is 83.5 Å². The molecule has 0 aliphatic rings. The van der Waals surface area contributed by atoms with Crippen LogP contribution in [-0.2, 0) is 4.79 Å². The van der Waals surface area contributed by atoms with Crippen molar-refractivity contribution in [2.75, 3.05) is 6.61 Å². The maximum atomic E-state index is 12.5. The molecule has 0 aromatic rings. The highest BCUT2D eigenvalue weighted by molar-refractivity contribution is 5.76. The molecule has 3 atom stereocenters. The molecule has 5 heteroatoms. The maximum absolute atomic E-state index is 12.5. The van der Waals surface area contributed by atoms with Crippen LogP contribution in [0.5, 0.6) is 0 Å². The second kappa shape index (κ2) is 48.0. The molecule has 0 saturated carbocycles. The number of carbonyl (C=O) groups is 1.